The lowest BCUT2D eigenvalue weighted by Crippen LogP contribution is -2.39. The van der Waals surface area contributed by atoms with E-state index < -0.39 is 0 Å². The molecule has 4 heteroatoms. The van der Waals surface area contributed by atoms with Gasteiger partial charge in [0.1, 0.15) is 0 Å². The first-order chi connectivity index (χ1) is 7.18. The van der Waals surface area contributed by atoms with Crippen molar-refractivity contribution in [2.75, 3.05) is 6.54 Å². The zero-order valence-electron chi connectivity index (χ0n) is 8.82. The van der Waals surface area contributed by atoms with Crippen LogP contribution in [0.1, 0.15) is 38.5 Å². The molecule has 1 heterocycles. The summed E-state index contributed by atoms with van der Waals surface area (Å²) in [4.78, 5) is 24.1. The third-order valence-corrected chi connectivity index (χ3v) is 3.44. The van der Waals surface area contributed by atoms with E-state index in [1.165, 1.54) is 4.90 Å². The number of nitrogens with zero attached hydrogens (tertiary/aromatic N) is 1. The van der Waals surface area contributed by atoms with E-state index in [-0.39, 0.29) is 23.8 Å². The van der Waals surface area contributed by atoms with E-state index in [0.717, 1.165) is 25.7 Å². The van der Waals surface area contributed by atoms with Gasteiger partial charge in [-0.15, -0.1) is 0 Å². The summed E-state index contributed by atoms with van der Waals surface area (Å²) < 4.78 is 0. The highest BCUT2D eigenvalue weighted by molar-refractivity contribution is 6.01. The summed E-state index contributed by atoms with van der Waals surface area (Å²) in [5, 5.41) is 9.75. The van der Waals surface area contributed by atoms with E-state index >= 15 is 0 Å². The van der Waals surface area contributed by atoms with Crippen LogP contribution >= 0.6 is 0 Å². The first-order valence-corrected chi connectivity index (χ1v) is 5.70. The van der Waals surface area contributed by atoms with Crippen molar-refractivity contribution < 1.29 is 14.7 Å². The van der Waals surface area contributed by atoms with Crippen LogP contribution < -0.4 is 0 Å². The van der Waals surface area contributed by atoms with Crippen LogP contribution in [0.4, 0.5) is 0 Å². The van der Waals surface area contributed by atoms with Crippen molar-refractivity contribution in [2.24, 2.45) is 5.92 Å². The van der Waals surface area contributed by atoms with Gasteiger partial charge in [0.15, 0.2) is 0 Å². The van der Waals surface area contributed by atoms with Gasteiger partial charge in [-0.2, -0.15) is 0 Å². The summed E-state index contributed by atoms with van der Waals surface area (Å²) in [6, 6.07) is 0. The van der Waals surface area contributed by atoms with E-state index in [1.54, 1.807) is 0 Å². The summed E-state index contributed by atoms with van der Waals surface area (Å²) in [6.45, 7) is 0.429. The molecule has 2 rings (SSSR count). The van der Waals surface area contributed by atoms with Gasteiger partial charge in [-0.05, 0) is 12.8 Å². The molecule has 0 aromatic rings. The molecule has 2 aliphatic rings. The van der Waals surface area contributed by atoms with Gasteiger partial charge >= 0.3 is 0 Å². The quantitative estimate of drug-likeness (QED) is 0.683. The number of hydrogen-bond acceptors (Lipinski definition) is 3. The molecule has 2 atom stereocenters. The first kappa shape index (κ1) is 10.6. The van der Waals surface area contributed by atoms with Crippen LogP contribution in [-0.2, 0) is 9.59 Å². The number of aliphatic hydroxyl groups excluding tert-OH is 1. The van der Waals surface area contributed by atoms with Crippen molar-refractivity contribution in [3.8, 4) is 0 Å². The first-order valence-electron chi connectivity index (χ1n) is 5.70. The number of aliphatic hydroxyl groups is 1. The molecule has 1 saturated carbocycles. The van der Waals surface area contributed by atoms with Gasteiger partial charge in [-0.3, -0.25) is 14.5 Å². The smallest absolute Gasteiger partial charge is 0.229 e. The number of likely N-dealkylation sites (tertiary alicyclic amines) is 1. The van der Waals surface area contributed by atoms with Gasteiger partial charge in [0.2, 0.25) is 11.8 Å². The van der Waals surface area contributed by atoms with E-state index in [1.807, 2.05) is 0 Å². The van der Waals surface area contributed by atoms with Gasteiger partial charge in [-0.25, -0.2) is 0 Å². The fourth-order valence-corrected chi connectivity index (χ4v) is 2.46. The maximum absolute atomic E-state index is 11.4. The molecule has 0 aromatic heterocycles. The molecule has 1 aliphatic heterocycles. The third kappa shape index (κ3) is 2.20. The van der Waals surface area contributed by atoms with Gasteiger partial charge in [-0.1, -0.05) is 12.8 Å². The van der Waals surface area contributed by atoms with Crippen LogP contribution in [0.2, 0.25) is 0 Å². The third-order valence-electron chi connectivity index (χ3n) is 3.44. The van der Waals surface area contributed by atoms with E-state index in [4.69, 9.17) is 0 Å². The molecule has 0 bridgehead atoms. The zero-order valence-corrected chi connectivity index (χ0v) is 8.82. The van der Waals surface area contributed by atoms with Crippen LogP contribution in [-0.4, -0.2) is 34.5 Å². The highest BCUT2D eigenvalue weighted by atomic mass is 16.3. The van der Waals surface area contributed by atoms with E-state index in [2.05, 4.69) is 0 Å². The van der Waals surface area contributed by atoms with Crippen molar-refractivity contribution in [3.63, 3.8) is 0 Å². The lowest BCUT2D eigenvalue weighted by atomic mass is 9.86. The van der Waals surface area contributed by atoms with Crippen molar-refractivity contribution in [1.29, 1.82) is 0 Å². The highest BCUT2D eigenvalue weighted by Gasteiger charge is 2.33. The Morgan fingerprint density at radius 2 is 1.73 bits per heavy atom. The fraction of sp³-hybridized carbons (Fsp3) is 0.818. The topological polar surface area (TPSA) is 57.6 Å². The van der Waals surface area contributed by atoms with Gasteiger partial charge < -0.3 is 5.11 Å². The molecule has 2 unspecified atom stereocenters. The Morgan fingerprint density at radius 1 is 1.13 bits per heavy atom. The Morgan fingerprint density at radius 3 is 2.33 bits per heavy atom. The minimum absolute atomic E-state index is 0.0715. The normalized spacial score (nSPS) is 32.5. The van der Waals surface area contributed by atoms with Crippen LogP contribution in [0, 0.1) is 5.92 Å². The summed E-state index contributed by atoms with van der Waals surface area (Å²) in [7, 11) is 0. The summed E-state index contributed by atoms with van der Waals surface area (Å²) in [5.74, 6) is -0.0414. The lowest BCUT2D eigenvalue weighted by molar-refractivity contribution is -0.140. The Labute approximate surface area is 89.3 Å². The number of rotatable bonds is 2. The average Bonchev–Trinajstić information content (AvgIpc) is 2.53. The molecule has 2 fully saturated rings. The van der Waals surface area contributed by atoms with Crippen molar-refractivity contribution in [2.45, 2.75) is 44.6 Å². The number of carbonyl (C=O) groups excluding carboxylic acids is 2. The molecule has 2 amide bonds. The maximum Gasteiger partial charge on any atom is 0.229 e. The van der Waals surface area contributed by atoms with Gasteiger partial charge in [0.05, 0.1) is 6.10 Å². The second kappa shape index (κ2) is 4.31. The van der Waals surface area contributed by atoms with Gasteiger partial charge in [0.25, 0.3) is 0 Å². The average molecular weight is 211 g/mol. The maximum atomic E-state index is 11.4. The Kier molecular flexibility index (Phi) is 3.05. The number of imide groups is 1. The predicted molar refractivity (Wildman–Crippen MR) is 53.9 cm³/mol. The Bertz CT molecular complexity index is 261. The van der Waals surface area contributed by atoms with Crippen molar-refractivity contribution in [1.82, 2.24) is 4.90 Å². The molecule has 0 radical (unpaired) electrons. The van der Waals surface area contributed by atoms with Crippen molar-refractivity contribution >= 4 is 11.8 Å². The summed E-state index contributed by atoms with van der Waals surface area (Å²) >= 11 is 0. The van der Waals surface area contributed by atoms with Crippen LogP contribution in [0.25, 0.3) is 0 Å². The molecule has 1 saturated heterocycles. The molecule has 1 aliphatic carbocycles. The Balaban J connectivity index is 1.95. The number of hydrogen-bond donors (Lipinski definition) is 1. The standard InChI is InChI=1S/C11H17NO3/c13-9-4-2-1-3-8(9)7-12-10(14)5-6-11(12)15/h8-9,13H,1-7H2. The summed E-state index contributed by atoms with van der Waals surface area (Å²) in [6.07, 6.45) is 4.25. The van der Waals surface area contributed by atoms with Crippen LogP contribution in [0.15, 0.2) is 0 Å². The predicted octanol–water partition coefficient (Wildman–Crippen LogP) is 0.687. The summed E-state index contributed by atoms with van der Waals surface area (Å²) in [5.41, 5.74) is 0. The fourth-order valence-electron chi connectivity index (χ4n) is 2.46. The highest BCUT2D eigenvalue weighted by Crippen LogP contribution is 2.26. The molecule has 0 spiro atoms. The second-order valence-corrected chi connectivity index (χ2v) is 4.51. The molecule has 4 nitrogen and oxygen atoms in total. The largest absolute Gasteiger partial charge is 0.393 e. The zero-order chi connectivity index (χ0) is 10.8. The molecular weight excluding hydrogens is 194 g/mol. The molecule has 15 heavy (non-hydrogen) atoms. The van der Waals surface area contributed by atoms with E-state index in [9.17, 15) is 14.7 Å². The number of amides is 2. The minimum atomic E-state index is -0.333. The lowest BCUT2D eigenvalue weighted by Gasteiger charge is -2.30. The van der Waals surface area contributed by atoms with Crippen molar-refractivity contribution in [3.05, 3.63) is 0 Å². The SMILES string of the molecule is O=C1CCC(=O)N1CC1CCCCC1O. The van der Waals surface area contributed by atoms with Crippen LogP contribution in [0.3, 0.4) is 0 Å². The molecule has 84 valence electrons. The number of carbonyl (C=O) groups is 2. The monoisotopic (exact) mass is 211 g/mol. The molecule has 0 aromatic carbocycles. The van der Waals surface area contributed by atoms with E-state index in [0.29, 0.717) is 19.4 Å². The van der Waals surface area contributed by atoms with Crippen LogP contribution in [0.5, 0.6) is 0 Å². The second-order valence-electron chi connectivity index (χ2n) is 4.51. The van der Waals surface area contributed by atoms with Gasteiger partial charge in [0, 0.05) is 25.3 Å². The Hall–Kier alpha value is -0.900. The molecular formula is C11H17NO3. The minimum Gasteiger partial charge on any atom is -0.393 e. The molecule has 1 N–H and O–H groups in total.